The number of hydrogen-bond acceptors (Lipinski definition) is 7. The highest BCUT2D eigenvalue weighted by Gasteiger charge is 2.54. The van der Waals surface area contributed by atoms with E-state index in [4.69, 9.17) is 27.8 Å². The summed E-state index contributed by atoms with van der Waals surface area (Å²) in [5, 5.41) is 21.3. The standard InChI is InChI=1S/C11H13ClN4O4/c12-3-2-11(14)8(18)6(5-17)20-9(11)16-4-1-7(13)15-10(16)19/h1,4,6,8-9,17-18H,5,14H2,(H2,13,15,19)/t6-,8+,9-,11?/m1/s1. The second-order valence-electron chi connectivity index (χ2n) is 4.35. The van der Waals surface area contributed by atoms with Crippen LogP contribution in [0.4, 0.5) is 5.82 Å². The molecule has 1 fully saturated rings. The van der Waals surface area contributed by atoms with Gasteiger partial charge in [0.15, 0.2) is 11.8 Å². The lowest BCUT2D eigenvalue weighted by molar-refractivity contribution is -0.0476. The molecule has 0 spiro atoms. The predicted octanol–water partition coefficient (Wildman–Crippen LogP) is -2.03. The first-order chi connectivity index (χ1) is 9.43. The zero-order valence-electron chi connectivity index (χ0n) is 10.2. The molecule has 20 heavy (non-hydrogen) atoms. The lowest BCUT2D eigenvalue weighted by atomic mass is 9.92. The fourth-order valence-electron chi connectivity index (χ4n) is 2.07. The molecule has 9 heteroatoms. The van der Waals surface area contributed by atoms with Crippen LogP contribution < -0.4 is 17.2 Å². The van der Waals surface area contributed by atoms with E-state index in [2.05, 4.69) is 16.3 Å². The first-order valence-electron chi connectivity index (χ1n) is 5.64. The van der Waals surface area contributed by atoms with Crippen molar-refractivity contribution in [2.75, 3.05) is 12.3 Å². The zero-order valence-corrected chi connectivity index (χ0v) is 11.0. The van der Waals surface area contributed by atoms with Gasteiger partial charge in [0.05, 0.1) is 6.61 Å². The molecular formula is C11H13ClN4O4. The molecule has 1 aromatic heterocycles. The maximum absolute atomic E-state index is 11.8. The van der Waals surface area contributed by atoms with Gasteiger partial charge in [-0.2, -0.15) is 4.98 Å². The molecule has 1 unspecified atom stereocenters. The third kappa shape index (κ3) is 2.26. The van der Waals surface area contributed by atoms with Crippen LogP contribution in [-0.2, 0) is 4.74 Å². The summed E-state index contributed by atoms with van der Waals surface area (Å²) in [6, 6.07) is 1.37. The number of hydrogen-bond donors (Lipinski definition) is 4. The number of aliphatic hydroxyl groups excluding tert-OH is 2. The lowest BCUT2D eigenvalue weighted by Gasteiger charge is -2.27. The number of aliphatic hydroxyl groups is 2. The van der Waals surface area contributed by atoms with Gasteiger partial charge in [0.2, 0.25) is 0 Å². The SMILES string of the molecule is Nc1ccn([C@@H]2O[C@H](CO)[C@H](O)C2(N)C#CCl)c(=O)n1. The Morgan fingerprint density at radius 1 is 1.65 bits per heavy atom. The Kier molecular flexibility index (Phi) is 3.99. The molecule has 6 N–H and O–H groups in total. The number of halogens is 1. The van der Waals surface area contributed by atoms with E-state index in [1.54, 1.807) is 0 Å². The smallest absolute Gasteiger partial charge is 0.351 e. The maximum Gasteiger partial charge on any atom is 0.351 e. The van der Waals surface area contributed by atoms with Gasteiger partial charge in [-0.05, 0) is 17.7 Å². The van der Waals surface area contributed by atoms with Crippen molar-refractivity contribution >= 4 is 17.4 Å². The molecule has 0 aromatic carbocycles. The highest BCUT2D eigenvalue weighted by Crippen LogP contribution is 2.35. The average Bonchev–Trinajstić information content (AvgIpc) is 2.63. The molecule has 8 nitrogen and oxygen atoms in total. The molecular weight excluding hydrogens is 288 g/mol. The van der Waals surface area contributed by atoms with Gasteiger partial charge in [-0.15, -0.1) is 0 Å². The fraction of sp³-hybridized carbons (Fsp3) is 0.455. The summed E-state index contributed by atoms with van der Waals surface area (Å²) in [6.07, 6.45) is -2.15. The molecule has 0 aliphatic carbocycles. The first kappa shape index (κ1) is 14.8. The van der Waals surface area contributed by atoms with Crippen LogP contribution in [0.2, 0.25) is 0 Å². The minimum Gasteiger partial charge on any atom is -0.394 e. The van der Waals surface area contributed by atoms with Gasteiger partial charge in [-0.25, -0.2) is 4.79 Å². The van der Waals surface area contributed by atoms with Crippen molar-refractivity contribution in [3.8, 4) is 11.3 Å². The zero-order chi connectivity index (χ0) is 14.9. The van der Waals surface area contributed by atoms with Gasteiger partial charge < -0.3 is 26.4 Å². The van der Waals surface area contributed by atoms with E-state index in [1.807, 2.05) is 0 Å². The Hall–Kier alpha value is -1.63. The summed E-state index contributed by atoms with van der Waals surface area (Å²) in [5.41, 5.74) is 9.03. The van der Waals surface area contributed by atoms with Crippen LogP contribution in [0.3, 0.4) is 0 Å². The van der Waals surface area contributed by atoms with Crippen molar-refractivity contribution in [1.82, 2.24) is 9.55 Å². The van der Waals surface area contributed by atoms with Gasteiger partial charge in [-0.1, -0.05) is 5.92 Å². The van der Waals surface area contributed by atoms with Crippen LogP contribution in [0.25, 0.3) is 0 Å². The van der Waals surface area contributed by atoms with Crippen LogP contribution in [-0.4, -0.2) is 44.1 Å². The Bertz CT molecular complexity index is 625. The Labute approximate surface area is 118 Å². The van der Waals surface area contributed by atoms with E-state index < -0.39 is 36.3 Å². The predicted molar refractivity (Wildman–Crippen MR) is 70.5 cm³/mol. The van der Waals surface area contributed by atoms with Crippen molar-refractivity contribution < 1.29 is 14.9 Å². The number of aromatic nitrogens is 2. The molecule has 2 heterocycles. The van der Waals surface area contributed by atoms with Gasteiger partial charge in [0, 0.05) is 11.6 Å². The van der Waals surface area contributed by atoms with Crippen molar-refractivity contribution in [3.63, 3.8) is 0 Å². The fourth-order valence-corrected chi connectivity index (χ4v) is 2.23. The molecule has 4 atom stereocenters. The van der Waals surface area contributed by atoms with Gasteiger partial charge in [0.25, 0.3) is 0 Å². The minimum atomic E-state index is -1.66. The molecule has 108 valence electrons. The monoisotopic (exact) mass is 300 g/mol. The average molecular weight is 301 g/mol. The number of anilines is 1. The molecule has 1 aliphatic heterocycles. The van der Waals surface area contributed by atoms with Crippen LogP contribution in [0.15, 0.2) is 17.1 Å². The molecule has 1 aromatic rings. The molecule has 1 aliphatic rings. The van der Waals surface area contributed by atoms with E-state index in [0.29, 0.717) is 0 Å². The lowest BCUT2D eigenvalue weighted by Crippen LogP contribution is -2.54. The quantitative estimate of drug-likeness (QED) is 0.462. The van der Waals surface area contributed by atoms with E-state index in [-0.39, 0.29) is 5.82 Å². The van der Waals surface area contributed by atoms with E-state index in [0.717, 1.165) is 4.57 Å². The largest absolute Gasteiger partial charge is 0.394 e. The topological polar surface area (TPSA) is 137 Å². The van der Waals surface area contributed by atoms with Crippen LogP contribution in [0.1, 0.15) is 6.23 Å². The number of nitrogens with two attached hydrogens (primary N) is 2. The van der Waals surface area contributed by atoms with Gasteiger partial charge in [-0.3, -0.25) is 4.57 Å². The van der Waals surface area contributed by atoms with E-state index >= 15 is 0 Å². The summed E-state index contributed by atoms with van der Waals surface area (Å²) in [7, 11) is 0. The van der Waals surface area contributed by atoms with Crippen molar-refractivity contribution in [3.05, 3.63) is 22.7 Å². The summed E-state index contributed by atoms with van der Waals surface area (Å²) in [6.45, 7) is -0.488. The Morgan fingerprint density at radius 2 is 2.35 bits per heavy atom. The normalized spacial score (nSPS) is 32.7. The Balaban J connectivity index is 2.52. The third-order valence-corrected chi connectivity index (χ3v) is 3.20. The molecule has 0 saturated carbocycles. The van der Waals surface area contributed by atoms with Crippen LogP contribution in [0, 0.1) is 11.3 Å². The van der Waals surface area contributed by atoms with E-state index in [9.17, 15) is 15.0 Å². The third-order valence-electron chi connectivity index (χ3n) is 3.10. The number of ether oxygens (including phenoxy) is 1. The summed E-state index contributed by atoms with van der Waals surface area (Å²) < 4.78 is 6.43. The second kappa shape index (κ2) is 5.40. The van der Waals surface area contributed by atoms with Crippen molar-refractivity contribution in [2.45, 2.75) is 24.0 Å². The van der Waals surface area contributed by atoms with Crippen LogP contribution in [0.5, 0.6) is 0 Å². The number of nitrogen functional groups attached to an aromatic ring is 1. The second-order valence-corrected chi connectivity index (χ2v) is 4.54. The number of rotatable bonds is 2. The molecule has 0 bridgehead atoms. The minimum absolute atomic E-state index is 0.0366. The first-order valence-corrected chi connectivity index (χ1v) is 6.02. The van der Waals surface area contributed by atoms with Crippen molar-refractivity contribution in [2.24, 2.45) is 5.73 Å². The molecule has 2 rings (SSSR count). The van der Waals surface area contributed by atoms with Gasteiger partial charge >= 0.3 is 5.69 Å². The van der Waals surface area contributed by atoms with Crippen molar-refractivity contribution in [1.29, 1.82) is 0 Å². The summed E-state index contributed by atoms with van der Waals surface area (Å²) in [5.74, 6) is 2.45. The Morgan fingerprint density at radius 3 is 2.90 bits per heavy atom. The molecule has 1 saturated heterocycles. The molecule has 0 radical (unpaired) electrons. The highest BCUT2D eigenvalue weighted by atomic mass is 35.5. The molecule has 0 amide bonds. The summed E-state index contributed by atoms with van der Waals surface area (Å²) in [4.78, 5) is 15.4. The van der Waals surface area contributed by atoms with E-state index in [1.165, 1.54) is 12.3 Å². The highest BCUT2D eigenvalue weighted by molar-refractivity contribution is 6.30. The number of nitrogens with zero attached hydrogens (tertiary/aromatic N) is 2. The van der Waals surface area contributed by atoms with Crippen LogP contribution >= 0.6 is 11.6 Å². The van der Waals surface area contributed by atoms with Gasteiger partial charge in [0.1, 0.15) is 18.0 Å². The maximum atomic E-state index is 11.8. The summed E-state index contributed by atoms with van der Waals surface area (Å²) >= 11 is 5.35.